The van der Waals surface area contributed by atoms with Gasteiger partial charge in [-0.05, 0) is 35.7 Å². The minimum atomic E-state index is -4.56. The zero-order valence-corrected chi connectivity index (χ0v) is 17.6. The third-order valence-electron chi connectivity index (χ3n) is 5.03. The summed E-state index contributed by atoms with van der Waals surface area (Å²) in [5, 5.41) is 0.750. The number of amides is 1. The lowest BCUT2D eigenvalue weighted by Crippen LogP contribution is -2.42. The second-order valence-electron chi connectivity index (χ2n) is 6.95. The molecule has 0 aliphatic carbocycles. The molecular formula is C20H17F3N2O4S2. The second-order valence-corrected chi connectivity index (χ2v) is 9.94. The molecule has 2 heterocycles. The number of thiophene rings is 1. The predicted octanol–water partition coefficient (Wildman–Crippen LogP) is 3.78. The molecular weight excluding hydrogens is 453 g/mol. The fourth-order valence-corrected chi connectivity index (χ4v) is 6.08. The number of benzene rings is 2. The number of carbonyl (C=O) groups excluding carboxylic acids is 1. The van der Waals surface area contributed by atoms with Gasteiger partial charge in [-0.1, -0.05) is 18.2 Å². The number of primary amides is 1. The van der Waals surface area contributed by atoms with Crippen molar-refractivity contribution in [1.82, 2.24) is 4.31 Å². The van der Waals surface area contributed by atoms with Crippen molar-refractivity contribution in [2.75, 3.05) is 19.7 Å². The molecule has 0 radical (unpaired) electrons. The summed E-state index contributed by atoms with van der Waals surface area (Å²) in [6.45, 7) is 0.00506. The first-order valence-corrected chi connectivity index (χ1v) is 11.4. The van der Waals surface area contributed by atoms with E-state index in [1.54, 1.807) is 12.1 Å². The predicted molar refractivity (Wildman–Crippen MR) is 109 cm³/mol. The van der Waals surface area contributed by atoms with Gasteiger partial charge in [0.2, 0.25) is 10.0 Å². The summed E-state index contributed by atoms with van der Waals surface area (Å²) in [5.74, 6) is -0.637. The van der Waals surface area contributed by atoms with E-state index in [2.05, 4.69) is 0 Å². The molecule has 1 unspecified atom stereocenters. The molecule has 6 nitrogen and oxygen atoms in total. The van der Waals surface area contributed by atoms with Crippen molar-refractivity contribution in [1.29, 1.82) is 0 Å². The van der Waals surface area contributed by atoms with Crippen LogP contribution in [-0.2, 0) is 20.9 Å². The Morgan fingerprint density at radius 3 is 2.45 bits per heavy atom. The number of ether oxygens (including phenoxy) is 1. The zero-order chi connectivity index (χ0) is 22.4. The average Bonchev–Trinajstić information content (AvgIpc) is 3.13. The topological polar surface area (TPSA) is 89.7 Å². The van der Waals surface area contributed by atoms with Crippen LogP contribution < -0.4 is 5.73 Å². The largest absolute Gasteiger partial charge is 0.416 e. The number of nitrogens with zero attached hydrogens (tertiary/aromatic N) is 1. The van der Waals surface area contributed by atoms with E-state index in [-0.39, 0.29) is 24.6 Å². The molecule has 31 heavy (non-hydrogen) atoms. The Morgan fingerprint density at radius 1 is 1.13 bits per heavy atom. The van der Waals surface area contributed by atoms with E-state index in [1.165, 1.54) is 11.3 Å². The number of hydrogen-bond donors (Lipinski definition) is 1. The molecule has 2 aromatic carbocycles. The van der Waals surface area contributed by atoms with Crippen molar-refractivity contribution in [3.8, 4) is 0 Å². The van der Waals surface area contributed by atoms with Crippen LogP contribution in [0.1, 0.15) is 26.9 Å². The van der Waals surface area contributed by atoms with Crippen LogP contribution in [0, 0.1) is 0 Å². The van der Waals surface area contributed by atoms with Gasteiger partial charge in [-0.15, -0.1) is 11.3 Å². The maximum absolute atomic E-state index is 13.0. The summed E-state index contributed by atoms with van der Waals surface area (Å²) >= 11 is 1.21. The van der Waals surface area contributed by atoms with Crippen LogP contribution in [0.5, 0.6) is 0 Å². The van der Waals surface area contributed by atoms with E-state index in [4.69, 9.17) is 10.5 Å². The SMILES string of the molecule is NC(=O)c1sc2ccccc2c1C1CN(S(=O)(=O)c2ccc(C(F)(F)F)cc2)CCO1. The number of nitrogens with two attached hydrogens (primary N) is 1. The van der Waals surface area contributed by atoms with Crippen molar-refractivity contribution in [3.05, 3.63) is 64.5 Å². The van der Waals surface area contributed by atoms with Gasteiger partial charge in [-0.2, -0.15) is 17.5 Å². The number of alkyl halides is 3. The van der Waals surface area contributed by atoms with Crippen LogP contribution in [0.4, 0.5) is 13.2 Å². The molecule has 1 aliphatic heterocycles. The fraction of sp³-hybridized carbons (Fsp3) is 0.250. The van der Waals surface area contributed by atoms with E-state index in [0.29, 0.717) is 10.4 Å². The van der Waals surface area contributed by atoms with Crippen molar-refractivity contribution < 1.29 is 31.1 Å². The third-order valence-corrected chi connectivity index (χ3v) is 8.11. The molecule has 1 atom stereocenters. The highest BCUT2D eigenvalue weighted by Crippen LogP contribution is 2.39. The van der Waals surface area contributed by atoms with Gasteiger partial charge in [-0.25, -0.2) is 8.42 Å². The number of halogens is 3. The highest BCUT2D eigenvalue weighted by Gasteiger charge is 2.36. The van der Waals surface area contributed by atoms with Gasteiger partial charge in [0.15, 0.2) is 0 Å². The third kappa shape index (κ3) is 4.05. The minimum Gasteiger partial charge on any atom is -0.371 e. The number of carbonyl (C=O) groups is 1. The number of hydrogen-bond acceptors (Lipinski definition) is 5. The molecule has 1 fully saturated rings. The Bertz CT molecular complexity index is 1240. The van der Waals surface area contributed by atoms with E-state index in [9.17, 15) is 26.4 Å². The van der Waals surface area contributed by atoms with Crippen molar-refractivity contribution >= 4 is 37.4 Å². The summed E-state index contributed by atoms with van der Waals surface area (Å²) in [4.78, 5) is 12.0. The quantitative estimate of drug-likeness (QED) is 0.629. The molecule has 164 valence electrons. The van der Waals surface area contributed by atoms with Crippen LogP contribution in [-0.4, -0.2) is 38.3 Å². The lowest BCUT2D eigenvalue weighted by Gasteiger charge is -2.32. The molecule has 1 saturated heterocycles. The fourth-order valence-electron chi connectivity index (χ4n) is 3.55. The normalized spacial score (nSPS) is 18.4. The van der Waals surface area contributed by atoms with Crippen LogP contribution in [0.25, 0.3) is 10.1 Å². The zero-order valence-electron chi connectivity index (χ0n) is 15.9. The average molecular weight is 470 g/mol. The van der Waals surface area contributed by atoms with Crippen LogP contribution in [0.3, 0.4) is 0 Å². The Kier molecular flexibility index (Phi) is 5.54. The van der Waals surface area contributed by atoms with E-state index in [1.807, 2.05) is 12.1 Å². The standard InChI is InChI=1S/C20H17F3N2O4S2/c21-20(22,23)12-5-7-13(8-6-12)31(27,28)25-9-10-29-15(11-25)17-14-3-1-2-4-16(14)30-18(17)19(24)26/h1-8,15H,9-11H2,(H2,24,26). The molecule has 1 aliphatic rings. The minimum absolute atomic E-state index is 0.0355. The lowest BCUT2D eigenvalue weighted by atomic mass is 10.0. The maximum Gasteiger partial charge on any atom is 0.416 e. The Hall–Kier alpha value is -2.47. The molecule has 1 aromatic heterocycles. The highest BCUT2D eigenvalue weighted by atomic mass is 32.2. The highest BCUT2D eigenvalue weighted by molar-refractivity contribution is 7.89. The molecule has 3 aromatic rings. The molecule has 0 saturated carbocycles. The second kappa shape index (κ2) is 7.90. The molecule has 0 spiro atoms. The lowest BCUT2D eigenvalue weighted by molar-refractivity contribution is -0.137. The smallest absolute Gasteiger partial charge is 0.371 e. The Balaban J connectivity index is 1.67. The van der Waals surface area contributed by atoms with Crippen molar-refractivity contribution in [2.45, 2.75) is 17.2 Å². The molecule has 2 N–H and O–H groups in total. The van der Waals surface area contributed by atoms with E-state index in [0.717, 1.165) is 38.7 Å². The Morgan fingerprint density at radius 2 is 1.81 bits per heavy atom. The van der Waals surface area contributed by atoms with Gasteiger partial charge < -0.3 is 10.5 Å². The maximum atomic E-state index is 13.0. The van der Waals surface area contributed by atoms with Gasteiger partial charge >= 0.3 is 6.18 Å². The van der Waals surface area contributed by atoms with Gasteiger partial charge in [0.05, 0.1) is 28.0 Å². The first-order valence-electron chi connectivity index (χ1n) is 9.19. The first kappa shape index (κ1) is 21.8. The summed E-state index contributed by atoms with van der Waals surface area (Å²) < 4.78 is 72.2. The summed E-state index contributed by atoms with van der Waals surface area (Å²) in [7, 11) is -4.06. The molecule has 1 amide bonds. The summed E-state index contributed by atoms with van der Waals surface area (Å²) in [5.41, 5.74) is 5.14. The molecule has 0 bridgehead atoms. The Labute approximate surface area is 180 Å². The van der Waals surface area contributed by atoms with E-state index >= 15 is 0 Å². The van der Waals surface area contributed by atoms with Crippen LogP contribution >= 0.6 is 11.3 Å². The summed E-state index contributed by atoms with van der Waals surface area (Å²) in [6, 6.07) is 10.6. The van der Waals surface area contributed by atoms with Gasteiger partial charge in [0, 0.05) is 23.4 Å². The molecule has 11 heteroatoms. The summed E-state index contributed by atoms with van der Waals surface area (Å²) in [6.07, 6.45) is -5.30. The number of fused-ring (bicyclic) bond motifs is 1. The van der Waals surface area contributed by atoms with Crippen LogP contribution in [0.2, 0.25) is 0 Å². The van der Waals surface area contributed by atoms with Crippen LogP contribution in [0.15, 0.2) is 53.4 Å². The first-order chi connectivity index (χ1) is 14.6. The molecule has 4 rings (SSSR count). The number of morpholine rings is 1. The van der Waals surface area contributed by atoms with Gasteiger partial charge in [-0.3, -0.25) is 4.79 Å². The van der Waals surface area contributed by atoms with Crippen molar-refractivity contribution in [3.63, 3.8) is 0 Å². The monoisotopic (exact) mass is 470 g/mol. The van der Waals surface area contributed by atoms with Gasteiger partial charge in [0.1, 0.15) is 0 Å². The van der Waals surface area contributed by atoms with Gasteiger partial charge in [0.25, 0.3) is 5.91 Å². The number of sulfonamides is 1. The van der Waals surface area contributed by atoms with Crippen molar-refractivity contribution in [2.24, 2.45) is 5.73 Å². The number of rotatable bonds is 4. The van der Waals surface area contributed by atoms with E-state index < -0.39 is 33.8 Å².